The lowest BCUT2D eigenvalue weighted by Gasteiger charge is -2.07. The Labute approximate surface area is 148 Å². The highest BCUT2D eigenvalue weighted by Crippen LogP contribution is 2.29. The summed E-state index contributed by atoms with van der Waals surface area (Å²) >= 11 is 3.45. The number of aromatic nitrogens is 1. The van der Waals surface area contributed by atoms with Crippen LogP contribution in [0, 0.1) is 0 Å². The predicted octanol–water partition coefficient (Wildman–Crippen LogP) is 6.03. The molecule has 0 spiro atoms. The molecule has 3 aromatic carbocycles. The molecule has 0 saturated heterocycles. The summed E-state index contributed by atoms with van der Waals surface area (Å²) in [6.07, 6.45) is 3.99. The van der Waals surface area contributed by atoms with E-state index in [2.05, 4.69) is 28.1 Å². The molecule has 1 aromatic heterocycles. The van der Waals surface area contributed by atoms with E-state index in [1.54, 1.807) is 6.07 Å². The second-order valence-corrected chi connectivity index (χ2v) is 6.51. The minimum Gasteiger partial charge on any atom is -0.507 e. The van der Waals surface area contributed by atoms with E-state index in [9.17, 15) is 5.11 Å². The number of phenols is 1. The maximum atomic E-state index is 10.1. The Kier molecular flexibility index (Phi) is 3.79. The fourth-order valence-corrected chi connectivity index (χ4v) is 3.26. The van der Waals surface area contributed by atoms with Gasteiger partial charge in [-0.05, 0) is 35.9 Å². The lowest BCUT2D eigenvalue weighted by atomic mass is 10.0. The third kappa shape index (κ3) is 2.68. The van der Waals surface area contributed by atoms with Crippen LogP contribution in [0.3, 0.4) is 0 Å². The summed E-state index contributed by atoms with van der Waals surface area (Å²) in [5.74, 6) is 0.261. The smallest absolute Gasteiger partial charge is 0.122 e. The highest BCUT2D eigenvalue weighted by Gasteiger charge is 2.06. The average molecular weight is 376 g/mol. The number of pyridine rings is 1. The van der Waals surface area contributed by atoms with E-state index in [4.69, 9.17) is 4.98 Å². The largest absolute Gasteiger partial charge is 0.507 e. The number of phenolic OH excluding ortho intramolecular Hbond substituents is 1. The highest BCUT2D eigenvalue weighted by molar-refractivity contribution is 9.10. The number of hydrogen-bond acceptors (Lipinski definition) is 2. The van der Waals surface area contributed by atoms with E-state index >= 15 is 0 Å². The average Bonchev–Trinajstić information content (AvgIpc) is 2.61. The van der Waals surface area contributed by atoms with Crippen LogP contribution in [0.5, 0.6) is 5.75 Å². The van der Waals surface area contributed by atoms with Crippen LogP contribution < -0.4 is 0 Å². The first kappa shape index (κ1) is 14.9. The molecule has 0 radical (unpaired) electrons. The van der Waals surface area contributed by atoms with Crippen molar-refractivity contribution < 1.29 is 5.11 Å². The van der Waals surface area contributed by atoms with Gasteiger partial charge in [-0.25, -0.2) is 4.98 Å². The van der Waals surface area contributed by atoms with Gasteiger partial charge in [-0.1, -0.05) is 64.5 Å². The molecule has 116 valence electrons. The molecule has 24 heavy (non-hydrogen) atoms. The first-order chi connectivity index (χ1) is 11.7. The first-order valence-electron chi connectivity index (χ1n) is 7.66. The van der Waals surface area contributed by atoms with Gasteiger partial charge in [0, 0.05) is 20.8 Å². The van der Waals surface area contributed by atoms with Gasteiger partial charge in [0.15, 0.2) is 0 Å². The number of nitrogens with zero attached hydrogens (tertiary/aromatic N) is 1. The molecule has 4 rings (SSSR count). The van der Waals surface area contributed by atoms with Gasteiger partial charge in [-0.3, -0.25) is 0 Å². The SMILES string of the molecule is Oc1ccc(Br)cc1/C=C/c1c2ccccc2nc2ccccc12. The molecule has 0 saturated carbocycles. The number of para-hydroxylation sites is 2. The van der Waals surface area contributed by atoms with E-state index in [-0.39, 0.29) is 5.75 Å². The van der Waals surface area contributed by atoms with Crippen LogP contribution >= 0.6 is 15.9 Å². The van der Waals surface area contributed by atoms with Crippen LogP contribution in [0.15, 0.2) is 71.2 Å². The summed E-state index contributed by atoms with van der Waals surface area (Å²) in [6, 6.07) is 21.7. The summed E-state index contributed by atoms with van der Waals surface area (Å²) in [6.45, 7) is 0. The second kappa shape index (κ2) is 6.10. The standard InChI is InChI=1S/C21H14BrNO/c22-15-10-12-21(24)14(13-15)9-11-16-17-5-1-3-7-19(17)23-20-8-4-2-6-18(16)20/h1-13,24H/b11-9+. The van der Waals surface area contributed by atoms with Gasteiger partial charge in [0.25, 0.3) is 0 Å². The van der Waals surface area contributed by atoms with Crippen molar-refractivity contribution in [1.82, 2.24) is 4.98 Å². The maximum Gasteiger partial charge on any atom is 0.122 e. The van der Waals surface area contributed by atoms with Crippen molar-refractivity contribution in [3.63, 3.8) is 0 Å². The molecule has 0 aliphatic carbocycles. The van der Waals surface area contributed by atoms with Crippen LogP contribution in [0.4, 0.5) is 0 Å². The van der Waals surface area contributed by atoms with Gasteiger partial charge >= 0.3 is 0 Å². The Balaban J connectivity index is 1.96. The molecule has 0 aliphatic rings. The summed E-state index contributed by atoms with van der Waals surface area (Å²) < 4.78 is 0.935. The van der Waals surface area contributed by atoms with Crippen molar-refractivity contribution in [3.05, 3.63) is 82.3 Å². The minimum atomic E-state index is 0.261. The monoisotopic (exact) mass is 375 g/mol. The third-order valence-corrected chi connectivity index (χ3v) is 4.54. The van der Waals surface area contributed by atoms with Crippen LogP contribution in [0.2, 0.25) is 0 Å². The van der Waals surface area contributed by atoms with E-state index in [0.29, 0.717) is 0 Å². The predicted molar refractivity (Wildman–Crippen MR) is 104 cm³/mol. The Morgan fingerprint density at radius 3 is 2.08 bits per heavy atom. The Hall–Kier alpha value is -2.65. The molecule has 1 N–H and O–H groups in total. The molecular formula is C21H14BrNO. The number of halogens is 1. The number of rotatable bonds is 2. The van der Waals surface area contributed by atoms with Gasteiger partial charge < -0.3 is 5.11 Å². The zero-order valence-electron chi connectivity index (χ0n) is 12.8. The molecule has 0 atom stereocenters. The number of aromatic hydroxyl groups is 1. The van der Waals surface area contributed by atoms with Crippen molar-refractivity contribution >= 4 is 49.9 Å². The molecular weight excluding hydrogens is 362 g/mol. The molecule has 0 amide bonds. The Morgan fingerprint density at radius 2 is 1.42 bits per heavy atom. The molecule has 0 aliphatic heterocycles. The van der Waals surface area contributed by atoms with E-state index in [0.717, 1.165) is 37.4 Å². The Morgan fingerprint density at radius 1 is 0.792 bits per heavy atom. The fourth-order valence-electron chi connectivity index (χ4n) is 2.88. The zero-order chi connectivity index (χ0) is 16.5. The van der Waals surface area contributed by atoms with Gasteiger partial charge in [-0.2, -0.15) is 0 Å². The fraction of sp³-hybridized carbons (Fsp3) is 0. The number of hydrogen-bond donors (Lipinski definition) is 1. The van der Waals surface area contributed by atoms with Crippen molar-refractivity contribution in [2.45, 2.75) is 0 Å². The molecule has 0 unspecified atom stereocenters. The summed E-state index contributed by atoms with van der Waals surface area (Å²) in [5, 5.41) is 12.3. The van der Waals surface area contributed by atoms with Crippen LogP contribution in [-0.4, -0.2) is 10.1 Å². The third-order valence-electron chi connectivity index (χ3n) is 4.05. The maximum absolute atomic E-state index is 10.1. The van der Waals surface area contributed by atoms with E-state index < -0.39 is 0 Å². The molecule has 0 fully saturated rings. The van der Waals surface area contributed by atoms with Crippen molar-refractivity contribution in [2.24, 2.45) is 0 Å². The van der Waals surface area contributed by atoms with Crippen molar-refractivity contribution in [2.75, 3.05) is 0 Å². The van der Waals surface area contributed by atoms with Gasteiger partial charge in [0.1, 0.15) is 5.75 Å². The first-order valence-corrected chi connectivity index (χ1v) is 8.46. The topological polar surface area (TPSA) is 33.1 Å². The molecule has 3 heteroatoms. The van der Waals surface area contributed by atoms with Crippen LogP contribution in [0.1, 0.15) is 11.1 Å². The molecule has 2 nitrogen and oxygen atoms in total. The number of fused-ring (bicyclic) bond motifs is 2. The van der Waals surface area contributed by atoms with Crippen LogP contribution in [0.25, 0.3) is 34.0 Å². The summed E-state index contributed by atoms with van der Waals surface area (Å²) in [5.41, 5.74) is 3.81. The summed E-state index contributed by atoms with van der Waals surface area (Å²) in [4.78, 5) is 4.73. The lowest BCUT2D eigenvalue weighted by Crippen LogP contribution is -1.87. The minimum absolute atomic E-state index is 0.261. The van der Waals surface area contributed by atoms with E-state index in [1.807, 2.05) is 60.7 Å². The normalized spacial score (nSPS) is 11.5. The zero-order valence-corrected chi connectivity index (χ0v) is 14.4. The van der Waals surface area contributed by atoms with Gasteiger partial charge in [0.05, 0.1) is 11.0 Å². The molecule has 0 bridgehead atoms. The van der Waals surface area contributed by atoms with Crippen molar-refractivity contribution in [1.29, 1.82) is 0 Å². The van der Waals surface area contributed by atoms with Crippen molar-refractivity contribution in [3.8, 4) is 5.75 Å². The summed E-state index contributed by atoms with van der Waals surface area (Å²) in [7, 11) is 0. The quantitative estimate of drug-likeness (QED) is 0.434. The Bertz CT molecular complexity index is 1030. The molecule has 4 aromatic rings. The number of benzene rings is 3. The molecule has 1 heterocycles. The lowest BCUT2D eigenvalue weighted by molar-refractivity contribution is 0.474. The van der Waals surface area contributed by atoms with Gasteiger partial charge in [-0.15, -0.1) is 0 Å². The highest BCUT2D eigenvalue weighted by atomic mass is 79.9. The van der Waals surface area contributed by atoms with Crippen LogP contribution in [-0.2, 0) is 0 Å². The van der Waals surface area contributed by atoms with Gasteiger partial charge in [0.2, 0.25) is 0 Å². The second-order valence-electron chi connectivity index (χ2n) is 5.60. The van der Waals surface area contributed by atoms with E-state index in [1.165, 1.54) is 0 Å².